The fourth-order valence-corrected chi connectivity index (χ4v) is 4.19. The number of hydrogen-bond acceptors (Lipinski definition) is 5. The van der Waals surface area contributed by atoms with Crippen molar-refractivity contribution in [2.24, 2.45) is 0 Å². The van der Waals surface area contributed by atoms with Crippen LogP contribution in [0.25, 0.3) is 0 Å². The van der Waals surface area contributed by atoms with E-state index in [1.54, 1.807) is 0 Å². The van der Waals surface area contributed by atoms with E-state index in [2.05, 4.69) is 5.10 Å². The van der Waals surface area contributed by atoms with Crippen LogP contribution in [0.3, 0.4) is 0 Å². The van der Waals surface area contributed by atoms with Crippen LogP contribution >= 0.6 is 34.8 Å². The first-order valence-corrected chi connectivity index (χ1v) is 9.13. The Kier molecular flexibility index (Phi) is 4.39. The molecule has 1 aromatic carbocycles. The normalized spacial score (nSPS) is 17.5. The predicted molar refractivity (Wildman–Crippen MR) is 86.3 cm³/mol. The van der Waals surface area contributed by atoms with E-state index in [-0.39, 0.29) is 37.6 Å². The molecular formula is C13H11Cl3N2O4S. The minimum atomic E-state index is -4.21. The van der Waals surface area contributed by atoms with Crippen LogP contribution in [-0.2, 0) is 10.1 Å². The highest BCUT2D eigenvalue weighted by atomic mass is 35.5. The van der Waals surface area contributed by atoms with Crippen molar-refractivity contribution in [1.82, 2.24) is 9.78 Å². The third-order valence-corrected chi connectivity index (χ3v) is 5.32. The fourth-order valence-electron chi connectivity index (χ4n) is 2.17. The number of halogens is 3. The topological polar surface area (TPSA) is 70.4 Å². The molecule has 0 fully saturated rings. The summed E-state index contributed by atoms with van der Waals surface area (Å²) in [6.45, 7) is 2.32. The summed E-state index contributed by atoms with van der Waals surface area (Å²) < 4.78 is 37.1. The molecule has 0 amide bonds. The molecule has 0 saturated carbocycles. The molecule has 0 aliphatic carbocycles. The van der Waals surface area contributed by atoms with Gasteiger partial charge in [-0.1, -0.05) is 34.8 Å². The molecule has 23 heavy (non-hydrogen) atoms. The van der Waals surface area contributed by atoms with Crippen LogP contribution in [0.4, 0.5) is 0 Å². The van der Waals surface area contributed by atoms with Crippen molar-refractivity contribution in [2.45, 2.75) is 24.3 Å². The molecule has 1 aliphatic heterocycles. The number of nitrogens with zero attached hydrogens (tertiary/aromatic N) is 2. The quantitative estimate of drug-likeness (QED) is 0.733. The standard InChI is InChI=1S/C13H11Cl3N2O4S/c1-7-2-3-21-13-11(6-17-18(7)13)23(19,20)22-12-9(15)4-8(14)5-10(12)16/h4-7H,2-3H2,1H3. The highest BCUT2D eigenvalue weighted by molar-refractivity contribution is 7.87. The second-order valence-corrected chi connectivity index (χ2v) is 7.75. The Morgan fingerprint density at radius 3 is 2.61 bits per heavy atom. The number of benzene rings is 1. The summed E-state index contributed by atoms with van der Waals surface area (Å²) in [6.07, 6.45) is 1.92. The first kappa shape index (κ1) is 16.7. The van der Waals surface area contributed by atoms with Crippen molar-refractivity contribution in [3.05, 3.63) is 33.4 Å². The molecule has 6 nitrogen and oxygen atoms in total. The summed E-state index contributed by atoms with van der Waals surface area (Å²) in [7, 11) is -4.21. The summed E-state index contributed by atoms with van der Waals surface area (Å²) in [5.74, 6) is -0.0495. The number of rotatable bonds is 3. The lowest BCUT2D eigenvalue weighted by Gasteiger charge is -2.22. The minimum Gasteiger partial charge on any atom is -0.477 e. The SMILES string of the molecule is CC1CCOc2c(S(=O)(=O)Oc3c(Cl)cc(Cl)cc3Cl)cnn21. The van der Waals surface area contributed by atoms with Crippen molar-refractivity contribution >= 4 is 44.9 Å². The fraction of sp³-hybridized carbons (Fsp3) is 0.308. The molecule has 1 aromatic heterocycles. The zero-order valence-electron chi connectivity index (χ0n) is 11.8. The average molecular weight is 398 g/mol. The van der Waals surface area contributed by atoms with Gasteiger partial charge in [-0.15, -0.1) is 0 Å². The predicted octanol–water partition coefficient (Wildman–Crippen LogP) is 3.95. The van der Waals surface area contributed by atoms with Gasteiger partial charge >= 0.3 is 10.1 Å². The van der Waals surface area contributed by atoms with Crippen LogP contribution in [0.5, 0.6) is 11.6 Å². The van der Waals surface area contributed by atoms with E-state index in [9.17, 15) is 8.42 Å². The van der Waals surface area contributed by atoms with Crippen LogP contribution in [-0.4, -0.2) is 24.8 Å². The summed E-state index contributed by atoms with van der Waals surface area (Å²) in [6, 6.07) is 2.71. The maximum atomic E-state index is 12.5. The molecule has 0 N–H and O–H groups in total. The molecule has 0 radical (unpaired) electrons. The lowest BCUT2D eigenvalue weighted by Crippen LogP contribution is -2.20. The van der Waals surface area contributed by atoms with Crippen molar-refractivity contribution in [3.8, 4) is 11.6 Å². The van der Waals surface area contributed by atoms with E-state index >= 15 is 0 Å². The smallest absolute Gasteiger partial charge is 0.346 e. The van der Waals surface area contributed by atoms with Gasteiger partial charge in [0.15, 0.2) is 10.6 Å². The summed E-state index contributed by atoms with van der Waals surface area (Å²) >= 11 is 17.7. The molecule has 124 valence electrons. The van der Waals surface area contributed by atoms with Gasteiger partial charge in [0, 0.05) is 11.4 Å². The van der Waals surface area contributed by atoms with Gasteiger partial charge in [0.05, 0.1) is 28.9 Å². The molecule has 2 aromatic rings. The first-order valence-electron chi connectivity index (χ1n) is 6.59. The highest BCUT2D eigenvalue weighted by Crippen LogP contribution is 2.39. The molecule has 2 heterocycles. The molecule has 0 saturated heterocycles. The van der Waals surface area contributed by atoms with Gasteiger partial charge in [0.2, 0.25) is 5.88 Å². The van der Waals surface area contributed by atoms with E-state index < -0.39 is 10.1 Å². The minimum absolute atomic E-state index is 0.0126. The van der Waals surface area contributed by atoms with Crippen LogP contribution < -0.4 is 8.92 Å². The van der Waals surface area contributed by atoms with Crippen molar-refractivity contribution < 1.29 is 17.3 Å². The van der Waals surface area contributed by atoms with Crippen molar-refractivity contribution in [3.63, 3.8) is 0 Å². The Bertz CT molecular complexity index is 843. The third-order valence-electron chi connectivity index (χ3n) is 3.34. The maximum absolute atomic E-state index is 12.5. The van der Waals surface area contributed by atoms with E-state index in [0.29, 0.717) is 6.61 Å². The first-order chi connectivity index (χ1) is 10.8. The second-order valence-electron chi connectivity index (χ2n) is 4.98. The van der Waals surface area contributed by atoms with Gasteiger partial charge in [-0.05, 0) is 19.1 Å². The summed E-state index contributed by atoms with van der Waals surface area (Å²) in [5.41, 5.74) is 0. The maximum Gasteiger partial charge on any atom is 0.346 e. The highest BCUT2D eigenvalue weighted by Gasteiger charge is 2.31. The zero-order chi connectivity index (χ0) is 16.8. The molecule has 3 rings (SSSR count). The molecule has 10 heteroatoms. The van der Waals surface area contributed by atoms with Gasteiger partial charge in [0.25, 0.3) is 0 Å². The van der Waals surface area contributed by atoms with E-state index in [0.717, 1.165) is 6.42 Å². The van der Waals surface area contributed by atoms with Crippen LogP contribution in [0.2, 0.25) is 15.1 Å². The van der Waals surface area contributed by atoms with Crippen LogP contribution in [0.15, 0.2) is 23.2 Å². The largest absolute Gasteiger partial charge is 0.477 e. The molecule has 0 spiro atoms. The van der Waals surface area contributed by atoms with E-state index in [4.69, 9.17) is 43.7 Å². The Morgan fingerprint density at radius 2 is 1.96 bits per heavy atom. The van der Waals surface area contributed by atoms with Gasteiger partial charge in [-0.3, -0.25) is 0 Å². The monoisotopic (exact) mass is 396 g/mol. The molecule has 1 atom stereocenters. The Morgan fingerprint density at radius 1 is 1.30 bits per heavy atom. The molecule has 0 bridgehead atoms. The number of fused-ring (bicyclic) bond motifs is 1. The average Bonchev–Trinajstić information content (AvgIpc) is 2.89. The number of ether oxygens (including phenoxy) is 1. The Balaban J connectivity index is 2.01. The van der Waals surface area contributed by atoms with Crippen LogP contribution in [0.1, 0.15) is 19.4 Å². The zero-order valence-corrected chi connectivity index (χ0v) is 14.9. The molecule has 1 aliphatic rings. The summed E-state index contributed by atoms with van der Waals surface area (Å²) in [5, 5.41) is 4.29. The summed E-state index contributed by atoms with van der Waals surface area (Å²) in [4.78, 5) is -0.175. The molecular weight excluding hydrogens is 387 g/mol. The Hall–Kier alpha value is -1.15. The molecule has 1 unspecified atom stereocenters. The van der Waals surface area contributed by atoms with Gasteiger partial charge in [-0.25, -0.2) is 4.68 Å². The van der Waals surface area contributed by atoms with E-state index in [1.165, 1.54) is 23.0 Å². The second kappa shape index (κ2) is 6.05. The van der Waals surface area contributed by atoms with Crippen molar-refractivity contribution in [1.29, 1.82) is 0 Å². The lowest BCUT2D eigenvalue weighted by molar-refractivity contribution is 0.195. The van der Waals surface area contributed by atoms with Crippen molar-refractivity contribution in [2.75, 3.05) is 6.61 Å². The Labute approximate surface area is 148 Å². The van der Waals surface area contributed by atoms with Gasteiger partial charge in [-0.2, -0.15) is 13.5 Å². The number of hydrogen-bond donors (Lipinski definition) is 0. The lowest BCUT2D eigenvalue weighted by atomic mass is 10.2. The third kappa shape index (κ3) is 3.10. The van der Waals surface area contributed by atoms with Gasteiger partial charge < -0.3 is 8.92 Å². The van der Waals surface area contributed by atoms with E-state index in [1.807, 2.05) is 6.92 Å². The number of aromatic nitrogens is 2. The van der Waals surface area contributed by atoms with Gasteiger partial charge in [0.1, 0.15) is 0 Å². The van der Waals surface area contributed by atoms with Crippen LogP contribution in [0, 0.1) is 0 Å².